The molecule has 0 bridgehead atoms. The van der Waals surface area contributed by atoms with E-state index in [4.69, 9.17) is 11.6 Å². The number of hydrogen-bond acceptors (Lipinski definition) is 1. The van der Waals surface area contributed by atoms with Crippen molar-refractivity contribution in [3.63, 3.8) is 0 Å². The first-order valence-corrected chi connectivity index (χ1v) is 7.23. The van der Waals surface area contributed by atoms with E-state index in [0.717, 1.165) is 24.6 Å². The van der Waals surface area contributed by atoms with Gasteiger partial charge in [-0.15, -0.1) is 0 Å². The van der Waals surface area contributed by atoms with E-state index in [9.17, 15) is 4.39 Å². The molecule has 1 aromatic rings. The van der Waals surface area contributed by atoms with Gasteiger partial charge in [-0.1, -0.05) is 30.2 Å². The van der Waals surface area contributed by atoms with Crippen LogP contribution < -0.4 is 5.32 Å². The lowest BCUT2D eigenvalue weighted by Crippen LogP contribution is -2.42. The third-order valence-electron chi connectivity index (χ3n) is 4.35. The molecule has 3 rings (SSSR count). The lowest BCUT2D eigenvalue weighted by molar-refractivity contribution is 0.129. The summed E-state index contributed by atoms with van der Waals surface area (Å²) in [5.74, 6) is -0.293. The van der Waals surface area contributed by atoms with Gasteiger partial charge < -0.3 is 5.32 Å². The van der Waals surface area contributed by atoms with E-state index < -0.39 is 0 Å². The minimum absolute atomic E-state index is 0.293. The zero-order valence-corrected chi connectivity index (χ0v) is 11.3. The van der Waals surface area contributed by atoms with Crippen LogP contribution in [0.4, 0.5) is 4.39 Å². The Labute approximate surface area is 113 Å². The van der Waals surface area contributed by atoms with Gasteiger partial charge in [0.05, 0.1) is 5.02 Å². The molecule has 1 nitrogen and oxygen atoms in total. The van der Waals surface area contributed by atoms with Gasteiger partial charge in [0.25, 0.3) is 0 Å². The third kappa shape index (κ3) is 2.55. The molecule has 0 atom stereocenters. The first-order chi connectivity index (χ1) is 8.69. The Morgan fingerprint density at radius 3 is 2.72 bits per heavy atom. The summed E-state index contributed by atoms with van der Waals surface area (Å²) in [5, 5.41) is 3.93. The molecule has 2 aliphatic rings. The average molecular weight is 268 g/mol. The quantitative estimate of drug-likeness (QED) is 0.852. The Kier molecular flexibility index (Phi) is 3.33. The van der Waals surface area contributed by atoms with Gasteiger partial charge in [0, 0.05) is 12.6 Å². The fourth-order valence-corrected chi connectivity index (χ4v) is 3.02. The van der Waals surface area contributed by atoms with E-state index in [0.29, 0.717) is 10.4 Å². The molecule has 2 aliphatic carbocycles. The maximum absolute atomic E-state index is 13.5. The summed E-state index contributed by atoms with van der Waals surface area (Å²) in [6.45, 7) is 1.06. The zero-order valence-electron chi connectivity index (χ0n) is 10.5. The molecule has 2 saturated carbocycles. The summed E-state index contributed by atoms with van der Waals surface area (Å²) >= 11 is 6.06. The van der Waals surface area contributed by atoms with Gasteiger partial charge >= 0.3 is 0 Å². The summed E-state index contributed by atoms with van der Waals surface area (Å²) in [6.07, 6.45) is 7.30. The normalized spacial score (nSPS) is 21.7. The number of hydrogen-bond donors (Lipinski definition) is 1. The highest BCUT2D eigenvalue weighted by Crippen LogP contribution is 2.44. The molecule has 0 unspecified atom stereocenters. The van der Waals surface area contributed by atoms with Gasteiger partial charge in [0.1, 0.15) is 5.82 Å². The number of benzene rings is 1. The topological polar surface area (TPSA) is 12.0 Å². The molecular formula is C15H19ClFN. The van der Waals surface area contributed by atoms with Crippen LogP contribution in [0.25, 0.3) is 0 Å². The van der Waals surface area contributed by atoms with Crippen molar-refractivity contribution < 1.29 is 4.39 Å². The van der Waals surface area contributed by atoms with Gasteiger partial charge in [0.2, 0.25) is 0 Å². The van der Waals surface area contributed by atoms with Crippen LogP contribution in [0.5, 0.6) is 0 Å². The van der Waals surface area contributed by atoms with Crippen molar-refractivity contribution in [2.45, 2.75) is 44.6 Å². The fourth-order valence-electron chi connectivity index (χ4n) is 2.83. The highest BCUT2D eigenvalue weighted by Gasteiger charge is 2.38. The van der Waals surface area contributed by atoms with Gasteiger partial charge in [-0.25, -0.2) is 4.39 Å². The molecule has 98 valence electrons. The molecule has 2 fully saturated rings. The Hall–Kier alpha value is -0.600. The maximum Gasteiger partial charge on any atom is 0.142 e. The number of halogens is 2. The second-order valence-electron chi connectivity index (χ2n) is 5.90. The summed E-state index contributed by atoms with van der Waals surface area (Å²) in [4.78, 5) is 0. The Morgan fingerprint density at radius 1 is 1.33 bits per heavy atom. The molecule has 1 aromatic carbocycles. The van der Waals surface area contributed by atoms with E-state index >= 15 is 0 Å². The molecule has 0 aliphatic heterocycles. The Balaban J connectivity index is 1.70. The van der Waals surface area contributed by atoms with Crippen LogP contribution in [0, 0.1) is 11.2 Å². The van der Waals surface area contributed by atoms with Crippen molar-refractivity contribution in [2.75, 3.05) is 6.54 Å². The molecule has 0 aromatic heterocycles. The van der Waals surface area contributed by atoms with Crippen molar-refractivity contribution in [3.8, 4) is 0 Å². The molecule has 0 radical (unpaired) electrons. The van der Waals surface area contributed by atoms with Crippen molar-refractivity contribution in [1.82, 2.24) is 5.32 Å². The van der Waals surface area contributed by atoms with Gasteiger partial charge in [-0.2, -0.15) is 0 Å². The molecule has 3 heteroatoms. The highest BCUT2D eigenvalue weighted by molar-refractivity contribution is 6.31. The second kappa shape index (κ2) is 4.82. The zero-order chi connectivity index (χ0) is 12.6. The van der Waals surface area contributed by atoms with E-state index in [2.05, 4.69) is 5.32 Å². The highest BCUT2D eigenvalue weighted by atomic mass is 35.5. The van der Waals surface area contributed by atoms with Crippen LogP contribution in [-0.2, 0) is 6.42 Å². The van der Waals surface area contributed by atoms with E-state index in [1.165, 1.54) is 38.2 Å². The van der Waals surface area contributed by atoms with Crippen LogP contribution in [0.15, 0.2) is 18.2 Å². The molecular weight excluding hydrogens is 249 g/mol. The summed E-state index contributed by atoms with van der Waals surface area (Å²) in [5.41, 5.74) is 1.29. The van der Waals surface area contributed by atoms with Crippen molar-refractivity contribution in [1.29, 1.82) is 0 Å². The van der Waals surface area contributed by atoms with Crippen molar-refractivity contribution in [3.05, 3.63) is 34.6 Å². The largest absolute Gasteiger partial charge is 0.313 e. The van der Waals surface area contributed by atoms with Crippen LogP contribution in [0.2, 0.25) is 5.02 Å². The number of rotatable bonds is 5. The minimum Gasteiger partial charge on any atom is -0.313 e. The maximum atomic E-state index is 13.5. The molecule has 0 amide bonds. The van der Waals surface area contributed by atoms with Crippen LogP contribution in [0.3, 0.4) is 0 Å². The molecule has 1 N–H and O–H groups in total. The Bertz CT molecular complexity index is 438. The standard InChI is InChI=1S/C15H19ClFN/c16-14-11(3-1-4-13(14)17)9-15(7-2-8-15)10-18-12-5-6-12/h1,3-4,12,18H,2,5-10H2. The summed E-state index contributed by atoms with van der Waals surface area (Å²) in [6, 6.07) is 5.90. The monoisotopic (exact) mass is 267 g/mol. The van der Waals surface area contributed by atoms with Crippen LogP contribution >= 0.6 is 11.6 Å². The third-order valence-corrected chi connectivity index (χ3v) is 4.78. The van der Waals surface area contributed by atoms with Gasteiger partial charge in [0.15, 0.2) is 0 Å². The van der Waals surface area contributed by atoms with Crippen molar-refractivity contribution >= 4 is 11.6 Å². The fraction of sp³-hybridized carbons (Fsp3) is 0.600. The van der Waals surface area contributed by atoms with Gasteiger partial charge in [-0.3, -0.25) is 0 Å². The van der Waals surface area contributed by atoms with Crippen LogP contribution in [0.1, 0.15) is 37.7 Å². The first kappa shape index (κ1) is 12.4. The SMILES string of the molecule is Fc1cccc(CC2(CNC3CC3)CCC2)c1Cl. The Morgan fingerprint density at radius 2 is 2.11 bits per heavy atom. The van der Waals surface area contributed by atoms with Crippen LogP contribution in [-0.4, -0.2) is 12.6 Å². The lowest BCUT2D eigenvalue weighted by Gasteiger charge is -2.42. The number of nitrogens with one attached hydrogen (secondary N) is 1. The molecule has 0 spiro atoms. The summed E-state index contributed by atoms with van der Waals surface area (Å²) < 4.78 is 13.5. The second-order valence-corrected chi connectivity index (χ2v) is 6.28. The smallest absolute Gasteiger partial charge is 0.142 e. The van der Waals surface area contributed by atoms with E-state index in [1.54, 1.807) is 6.07 Å². The van der Waals surface area contributed by atoms with E-state index in [-0.39, 0.29) is 5.82 Å². The average Bonchev–Trinajstić information content (AvgIpc) is 3.11. The molecule has 18 heavy (non-hydrogen) atoms. The predicted octanol–water partition coefficient (Wildman–Crippen LogP) is 3.94. The minimum atomic E-state index is -0.293. The van der Waals surface area contributed by atoms with Gasteiger partial charge in [-0.05, 0) is 49.1 Å². The molecule has 0 heterocycles. The van der Waals surface area contributed by atoms with Crippen molar-refractivity contribution in [2.24, 2.45) is 5.41 Å². The predicted molar refractivity (Wildman–Crippen MR) is 72.4 cm³/mol. The molecule has 0 saturated heterocycles. The first-order valence-electron chi connectivity index (χ1n) is 6.85. The summed E-state index contributed by atoms with van der Waals surface area (Å²) in [7, 11) is 0. The lowest BCUT2D eigenvalue weighted by atomic mass is 9.65. The van der Waals surface area contributed by atoms with E-state index in [1.807, 2.05) is 6.07 Å².